The molecule has 1 amide bonds. The molecule has 2 aromatic carbocycles. The first-order valence-corrected chi connectivity index (χ1v) is 9.44. The van der Waals surface area contributed by atoms with Gasteiger partial charge in [0.05, 0.1) is 12.5 Å². The highest BCUT2D eigenvalue weighted by atomic mass is 16.2. The number of rotatable bonds is 5. The maximum absolute atomic E-state index is 13.0. The molecular formula is C22H24N4O. The summed E-state index contributed by atoms with van der Waals surface area (Å²) in [6.45, 7) is 4.38. The summed E-state index contributed by atoms with van der Waals surface area (Å²) in [4.78, 5) is 21.6. The molecule has 0 aliphatic carbocycles. The van der Waals surface area contributed by atoms with Crippen molar-refractivity contribution in [2.45, 2.75) is 6.42 Å². The lowest BCUT2D eigenvalue weighted by atomic mass is 10.1. The third-order valence-electron chi connectivity index (χ3n) is 5.11. The van der Waals surface area contributed by atoms with E-state index in [0.29, 0.717) is 5.69 Å². The fourth-order valence-electron chi connectivity index (χ4n) is 3.52. The van der Waals surface area contributed by atoms with E-state index in [0.717, 1.165) is 44.8 Å². The van der Waals surface area contributed by atoms with Crippen molar-refractivity contribution in [3.8, 4) is 5.69 Å². The molecule has 1 saturated heterocycles. The SMILES string of the molecule is O=C(c1cncn1-c1ccccc1)N1CCN(CCc2ccccc2)CC1. The van der Waals surface area contributed by atoms with Crippen molar-refractivity contribution in [3.05, 3.63) is 84.4 Å². The first kappa shape index (κ1) is 17.5. The molecule has 0 bridgehead atoms. The van der Waals surface area contributed by atoms with E-state index >= 15 is 0 Å². The minimum Gasteiger partial charge on any atom is -0.335 e. The lowest BCUT2D eigenvalue weighted by molar-refractivity contribution is 0.0630. The van der Waals surface area contributed by atoms with Crippen molar-refractivity contribution in [1.82, 2.24) is 19.4 Å². The Kier molecular flexibility index (Phi) is 5.30. The van der Waals surface area contributed by atoms with Crippen molar-refractivity contribution in [2.75, 3.05) is 32.7 Å². The summed E-state index contributed by atoms with van der Waals surface area (Å²) < 4.78 is 1.87. The van der Waals surface area contributed by atoms with E-state index in [-0.39, 0.29) is 5.91 Å². The van der Waals surface area contributed by atoms with Crippen LogP contribution in [0.4, 0.5) is 0 Å². The van der Waals surface area contributed by atoms with Gasteiger partial charge < -0.3 is 4.90 Å². The molecule has 0 atom stereocenters. The van der Waals surface area contributed by atoms with Gasteiger partial charge >= 0.3 is 0 Å². The lowest BCUT2D eigenvalue weighted by Gasteiger charge is -2.34. The number of piperazine rings is 1. The number of carbonyl (C=O) groups is 1. The number of hydrogen-bond donors (Lipinski definition) is 0. The summed E-state index contributed by atoms with van der Waals surface area (Å²) in [5.41, 5.74) is 2.95. The van der Waals surface area contributed by atoms with Gasteiger partial charge in [0, 0.05) is 38.4 Å². The Balaban J connectivity index is 1.35. The van der Waals surface area contributed by atoms with E-state index in [4.69, 9.17) is 0 Å². The highest BCUT2D eigenvalue weighted by Gasteiger charge is 2.24. The molecule has 27 heavy (non-hydrogen) atoms. The number of amides is 1. The second kappa shape index (κ2) is 8.18. The van der Waals surface area contributed by atoms with Crippen LogP contribution in [0.25, 0.3) is 5.69 Å². The maximum atomic E-state index is 13.0. The van der Waals surface area contributed by atoms with Gasteiger partial charge in [0.25, 0.3) is 5.91 Å². The zero-order valence-electron chi connectivity index (χ0n) is 15.4. The number of carbonyl (C=O) groups excluding carboxylic acids is 1. The van der Waals surface area contributed by atoms with Crippen LogP contribution >= 0.6 is 0 Å². The summed E-state index contributed by atoms with van der Waals surface area (Å²) in [7, 11) is 0. The molecule has 1 aliphatic heterocycles. The fourth-order valence-corrected chi connectivity index (χ4v) is 3.52. The molecule has 5 heteroatoms. The van der Waals surface area contributed by atoms with E-state index in [1.165, 1.54) is 5.56 Å². The summed E-state index contributed by atoms with van der Waals surface area (Å²) in [5, 5.41) is 0. The van der Waals surface area contributed by atoms with E-state index in [1.807, 2.05) is 45.9 Å². The van der Waals surface area contributed by atoms with Crippen LogP contribution in [0.2, 0.25) is 0 Å². The Morgan fingerprint density at radius 3 is 2.26 bits per heavy atom. The van der Waals surface area contributed by atoms with Gasteiger partial charge in [-0.2, -0.15) is 0 Å². The summed E-state index contributed by atoms with van der Waals surface area (Å²) in [5.74, 6) is 0.0547. The molecule has 0 N–H and O–H groups in total. The van der Waals surface area contributed by atoms with Crippen molar-refractivity contribution in [2.24, 2.45) is 0 Å². The molecule has 2 heterocycles. The van der Waals surface area contributed by atoms with E-state index < -0.39 is 0 Å². The number of imidazole rings is 1. The van der Waals surface area contributed by atoms with Gasteiger partial charge in [0.1, 0.15) is 5.69 Å². The molecular weight excluding hydrogens is 336 g/mol. The second-order valence-electron chi connectivity index (χ2n) is 6.85. The van der Waals surface area contributed by atoms with Gasteiger partial charge in [-0.1, -0.05) is 48.5 Å². The number of para-hydroxylation sites is 1. The van der Waals surface area contributed by atoms with Crippen LogP contribution in [0, 0.1) is 0 Å². The molecule has 0 spiro atoms. The number of benzene rings is 2. The maximum Gasteiger partial charge on any atom is 0.272 e. The standard InChI is InChI=1S/C22H24N4O/c27-22(21-17-23-18-26(21)20-9-5-2-6-10-20)25-15-13-24(14-16-25)12-11-19-7-3-1-4-8-19/h1-10,17-18H,11-16H2. The van der Waals surface area contributed by atoms with Crippen LogP contribution in [-0.2, 0) is 6.42 Å². The zero-order valence-corrected chi connectivity index (χ0v) is 15.4. The fraction of sp³-hybridized carbons (Fsp3) is 0.273. The minimum absolute atomic E-state index is 0.0547. The summed E-state index contributed by atoms with van der Waals surface area (Å²) in [6, 6.07) is 20.4. The van der Waals surface area contributed by atoms with Crippen molar-refractivity contribution < 1.29 is 4.79 Å². The van der Waals surface area contributed by atoms with Gasteiger partial charge in [-0.3, -0.25) is 14.3 Å². The molecule has 0 radical (unpaired) electrons. The Bertz CT molecular complexity index is 868. The number of nitrogens with zero attached hydrogens (tertiary/aromatic N) is 4. The predicted octanol–water partition coefficient (Wildman–Crippen LogP) is 2.87. The first-order valence-electron chi connectivity index (χ1n) is 9.44. The topological polar surface area (TPSA) is 41.4 Å². The van der Waals surface area contributed by atoms with E-state index in [9.17, 15) is 4.79 Å². The molecule has 5 nitrogen and oxygen atoms in total. The van der Waals surface area contributed by atoms with Crippen molar-refractivity contribution in [1.29, 1.82) is 0 Å². The van der Waals surface area contributed by atoms with E-state index in [1.54, 1.807) is 12.5 Å². The molecule has 3 aromatic rings. The predicted molar refractivity (Wildman–Crippen MR) is 106 cm³/mol. The van der Waals surface area contributed by atoms with Crippen LogP contribution in [-0.4, -0.2) is 58.0 Å². The van der Waals surface area contributed by atoms with Gasteiger partial charge in [0.15, 0.2) is 0 Å². The second-order valence-corrected chi connectivity index (χ2v) is 6.85. The largest absolute Gasteiger partial charge is 0.335 e. The highest BCUT2D eigenvalue weighted by molar-refractivity contribution is 5.93. The molecule has 138 valence electrons. The summed E-state index contributed by atoms with van der Waals surface area (Å²) >= 11 is 0. The third kappa shape index (κ3) is 4.09. The smallest absolute Gasteiger partial charge is 0.272 e. The van der Waals surface area contributed by atoms with Crippen LogP contribution < -0.4 is 0 Å². The van der Waals surface area contributed by atoms with E-state index in [2.05, 4.69) is 34.1 Å². The average molecular weight is 360 g/mol. The third-order valence-corrected chi connectivity index (χ3v) is 5.11. The van der Waals surface area contributed by atoms with Crippen LogP contribution in [0.1, 0.15) is 16.1 Å². The summed E-state index contributed by atoms with van der Waals surface area (Å²) in [6.07, 6.45) is 4.42. The molecule has 1 aliphatic rings. The van der Waals surface area contributed by atoms with Gasteiger partial charge in [-0.15, -0.1) is 0 Å². The van der Waals surface area contributed by atoms with Crippen LogP contribution in [0.5, 0.6) is 0 Å². The quantitative estimate of drug-likeness (QED) is 0.703. The first-order chi connectivity index (χ1) is 13.3. The van der Waals surface area contributed by atoms with Gasteiger partial charge in [0.2, 0.25) is 0 Å². The molecule has 1 aromatic heterocycles. The monoisotopic (exact) mass is 360 g/mol. The van der Waals surface area contributed by atoms with Crippen molar-refractivity contribution >= 4 is 5.91 Å². The normalized spacial score (nSPS) is 15.0. The Labute approximate surface area is 159 Å². The Morgan fingerprint density at radius 2 is 1.56 bits per heavy atom. The van der Waals surface area contributed by atoms with Crippen LogP contribution in [0.3, 0.4) is 0 Å². The minimum atomic E-state index is 0.0547. The molecule has 4 rings (SSSR count). The highest BCUT2D eigenvalue weighted by Crippen LogP contribution is 2.14. The zero-order chi connectivity index (χ0) is 18.5. The molecule has 1 fully saturated rings. The number of aromatic nitrogens is 2. The van der Waals surface area contributed by atoms with Crippen LogP contribution in [0.15, 0.2) is 73.2 Å². The molecule has 0 unspecified atom stereocenters. The molecule has 0 saturated carbocycles. The lowest BCUT2D eigenvalue weighted by Crippen LogP contribution is -2.49. The van der Waals surface area contributed by atoms with Gasteiger partial charge in [-0.25, -0.2) is 4.98 Å². The average Bonchev–Trinajstić information content (AvgIpc) is 3.23. The number of hydrogen-bond acceptors (Lipinski definition) is 3. The Morgan fingerprint density at radius 1 is 0.889 bits per heavy atom. The van der Waals surface area contributed by atoms with Crippen molar-refractivity contribution in [3.63, 3.8) is 0 Å². The Hall–Kier alpha value is -2.92. The van der Waals surface area contributed by atoms with Gasteiger partial charge in [-0.05, 0) is 24.1 Å².